The van der Waals surface area contributed by atoms with E-state index in [-0.39, 0.29) is 152 Å². The summed E-state index contributed by atoms with van der Waals surface area (Å²) < 4.78 is 46.3. The van der Waals surface area contributed by atoms with Gasteiger partial charge in [-0.05, 0) is 276 Å². The summed E-state index contributed by atoms with van der Waals surface area (Å²) in [6.45, 7) is 18.2. The first-order chi connectivity index (χ1) is 64.2. The number of carbonyl (C=O) groups is 5. The van der Waals surface area contributed by atoms with Crippen molar-refractivity contribution in [3.05, 3.63) is 253 Å². The van der Waals surface area contributed by atoms with E-state index in [1.54, 1.807) is 61.2 Å². The maximum absolute atomic E-state index is 14.9. The molecule has 4 aliphatic rings. The van der Waals surface area contributed by atoms with Gasteiger partial charge in [-0.2, -0.15) is 0 Å². The van der Waals surface area contributed by atoms with Crippen molar-refractivity contribution in [1.29, 1.82) is 0 Å². The number of ketones is 2. The molecule has 1 heterocycles. The molecule has 8 aromatic carbocycles. The molecule has 4 fully saturated rings. The number of rotatable bonds is 42. The van der Waals surface area contributed by atoms with E-state index in [1.165, 1.54) is 42.8 Å². The summed E-state index contributed by atoms with van der Waals surface area (Å²) >= 11 is 31.4. The third-order valence-electron chi connectivity index (χ3n) is 26.2. The van der Waals surface area contributed by atoms with Crippen molar-refractivity contribution in [3.63, 3.8) is 0 Å². The molecule has 26 heteroatoms. The summed E-state index contributed by atoms with van der Waals surface area (Å²) in [7, 11) is 1.71. The number of aliphatic hydroxyl groups is 5. The van der Waals surface area contributed by atoms with Crippen molar-refractivity contribution < 1.29 is 82.3 Å². The lowest BCUT2D eigenvalue weighted by molar-refractivity contribution is -0.144. The molecule has 718 valence electrons. The lowest BCUT2D eigenvalue weighted by Gasteiger charge is -2.34. The Kier molecular flexibility index (Phi) is 44.5. The van der Waals surface area contributed by atoms with Gasteiger partial charge in [-0.25, -0.2) is 14.0 Å². The van der Waals surface area contributed by atoms with E-state index in [4.69, 9.17) is 95.3 Å². The molecule has 4 saturated carbocycles. The fourth-order valence-corrected chi connectivity index (χ4v) is 24.0. The van der Waals surface area contributed by atoms with Gasteiger partial charge in [-0.15, -0.1) is 58.5 Å². The van der Waals surface area contributed by atoms with E-state index in [2.05, 4.69) is 130 Å². The van der Waals surface area contributed by atoms with E-state index < -0.39 is 18.0 Å². The second-order valence-electron chi connectivity index (χ2n) is 35.2. The summed E-state index contributed by atoms with van der Waals surface area (Å²) in [5, 5.41) is 51.5. The molecule has 0 spiro atoms. The summed E-state index contributed by atoms with van der Waals surface area (Å²) in [6.07, 6.45) is 17.3. The first-order valence-corrected chi connectivity index (χ1v) is 51.0. The van der Waals surface area contributed by atoms with E-state index in [1.807, 2.05) is 92.6 Å². The Morgan fingerprint density at radius 2 is 1.26 bits per heavy atom. The zero-order valence-corrected chi connectivity index (χ0v) is 83.3. The number of allylic oxidation sites excluding steroid dienone is 1. The number of fused-ring (bicyclic) bond motifs is 2. The smallest absolute Gasteiger partial charge is 0.339 e. The Morgan fingerprint density at radius 3 is 1.98 bits per heavy atom. The van der Waals surface area contributed by atoms with Crippen LogP contribution in [0.25, 0.3) is 21.5 Å². The standard InChI is InChI=1S/C29H32O4S.C27H27Cl2FO3S.C27H43NO5.C24H29Cl2NO4S/c1-20-12-13-21(18-25(20)29(32)33-17-16-30)6-4-8-23-14-15-27(31)26(23)19-34-28-11-5-9-22-7-2-3-10-24(22)28;28-23-10-11-26(21-4-2-1-3-20(21)23)34-16-22-19(8-9-24(22)29)18-6-5-17(25(30)15-18)7-12-27(32)33-14-13-31;1-19(2)28(23-11-10-20(3)21(4)17-23)18-25-24(27(31-6)22(5)26(25)30)9-7-13-32-14-8-15-33-16-12-29;1-14-11-27-12-23(15(14)2)32-13-19-17(22(29)10-21(19)26)5-3-16-4-6-18(20(25)9-16)24(30)31-8-7-28/h2-3,5,7,9-13,18,23,26,30H,4,6,8,14-17,19H2,1H3;1-6,10-11,15,19,22,24,31H,7-9,12-14,16H2;7,10-11,13,17,19,22,24-25,27,29H,8-9,12,14-16,18H2,1-6H3;4,6,9,11-12,17,19,21-22,28-29H,3,5,7-8,10,13H2,1-2H3/b;;13-7-;/t23-,26+;19-,22-,24?;22?,24-,25-,27?;17-,19-,21?,22?/m0111/s1. The summed E-state index contributed by atoms with van der Waals surface area (Å²) in [5.74, 6) is 2.66. The lowest BCUT2D eigenvalue weighted by atomic mass is 9.89. The van der Waals surface area contributed by atoms with Crippen LogP contribution in [0.1, 0.15) is 168 Å². The quantitative estimate of drug-likeness (QED) is 0.00595. The number of halogens is 5. The number of benzene rings is 8. The van der Waals surface area contributed by atoms with Crippen LogP contribution in [0.2, 0.25) is 10.0 Å². The highest BCUT2D eigenvalue weighted by atomic mass is 35.5. The lowest BCUT2D eigenvalue weighted by Crippen LogP contribution is -2.39. The van der Waals surface area contributed by atoms with Crippen LogP contribution in [0, 0.1) is 87.8 Å². The zero-order valence-electron chi connectivity index (χ0n) is 77.9. The molecular weight excluding hydrogens is 1830 g/mol. The van der Waals surface area contributed by atoms with Crippen LogP contribution in [-0.2, 0) is 62.1 Å². The van der Waals surface area contributed by atoms with Crippen molar-refractivity contribution in [2.75, 3.05) is 102 Å². The zero-order chi connectivity index (χ0) is 95.6. The fraction of sp³-hybridized carbons (Fsp3) is 0.477. The van der Waals surface area contributed by atoms with Gasteiger partial charge < -0.3 is 58.9 Å². The number of anilines is 1. The molecule has 0 aliphatic heterocycles. The van der Waals surface area contributed by atoms with Gasteiger partial charge in [0.05, 0.1) is 74.3 Å². The number of Topliss-reactive ketones (excluding diaryl/α,β-unsaturated/α-hetero) is 2. The molecule has 133 heavy (non-hydrogen) atoms. The number of carbonyl (C=O) groups excluding carboxylic acids is 5. The predicted molar refractivity (Wildman–Crippen MR) is 536 cm³/mol. The minimum Gasteiger partial charge on any atom is -0.501 e. The van der Waals surface area contributed by atoms with Crippen LogP contribution < -0.4 is 4.90 Å². The number of nitrogens with zero attached hydrogens (tertiary/aromatic N) is 2. The normalized spacial score (nSPS) is 20.9. The predicted octanol–water partition coefficient (Wildman–Crippen LogP) is 22.1. The first kappa shape index (κ1) is 107. The van der Waals surface area contributed by atoms with Crippen LogP contribution in [0.4, 0.5) is 10.1 Å². The molecule has 13 rings (SSSR count). The van der Waals surface area contributed by atoms with Gasteiger partial charge in [0, 0.05) is 140 Å². The Labute approximate surface area is 817 Å². The highest BCUT2D eigenvalue weighted by Gasteiger charge is 2.49. The van der Waals surface area contributed by atoms with Crippen LogP contribution in [0.5, 0.6) is 0 Å². The van der Waals surface area contributed by atoms with Gasteiger partial charge in [-0.3, -0.25) is 19.4 Å². The molecule has 0 amide bonds. The Hall–Kier alpha value is -7.62. The van der Waals surface area contributed by atoms with E-state index in [0.717, 1.165) is 130 Å². The van der Waals surface area contributed by atoms with Crippen LogP contribution in [0.3, 0.4) is 0 Å². The molecule has 5 unspecified atom stereocenters. The number of thioether (sulfide) groups is 3. The molecule has 4 aliphatic carbocycles. The van der Waals surface area contributed by atoms with E-state index >= 15 is 0 Å². The average molecular weight is 1960 g/mol. The van der Waals surface area contributed by atoms with Crippen molar-refractivity contribution in [2.45, 2.75) is 195 Å². The Balaban J connectivity index is 0.000000184. The number of methoxy groups -OCH3 is 1. The average Bonchev–Trinajstić information content (AvgIpc) is 1.53. The largest absolute Gasteiger partial charge is 0.501 e. The fourth-order valence-electron chi connectivity index (χ4n) is 18.4. The van der Waals surface area contributed by atoms with Crippen LogP contribution in [0.15, 0.2) is 191 Å². The first-order valence-electron chi connectivity index (χ1n) is 46.4. The number of hydrogen-bond acceptors (Lipinski definition) is 21. The van der Waals surface area contributed by atoms with Crippen LogP contribution in [-0.4, -0.2) is 186 Å². The monoisotopic (exact) mass is 1950 g/mol. The number of hydrogen-bond donors (Lipinski definition) is 5. The third kappa shape index (κ3) is 30.9. The minimum absolute atomic E-state index is 0.0103. The highest BCUT2D eigenvalue weighted by Crippen LogP contribution is 2.48. The molecule has 18 nitrogen and oxygen atoms in total. The molecule has 0 radical (unpaired) electrons. The van der Waals surface area contributed by atoms with Gasteiger partial charge in [-0.1, -0.05) is 127 Å². The van der Waals surface area contributed by atoms with Crippen molar-refractivity contribution in [3.8, 4) is 0 Å². The molecule has 9 aromatic rings. The second-order valence-corrected chi connectivity index (χ2v) is 40.3. The molecule has 13 atom stereocenters. The second kappa shape index (κ2) is 55.1. The van der Waals surface area contributed by atoms with Crippen molar-refractivity contribution in [2.24, 2.45) is 47.3 Å². The van der Waals surface area contributed by atoms with E-state index in [0.29, 0.717) is 67.1 Å². The van der Waals surface area contributed by atoms with E-state index in [9.17, 15) is 33.5 Å². The number of ether oxygens (including phenoxy) is 6. The number of alkyl halides is 2. The Morgan fingerprint density at radius 1 is 0.586 bits per heavy atom. The van der Waals surface area contributed by atoms with Gasteiger partial charge in [0.2, 0.25) is 0 Å². The molecule has 0 saturated heterocycles. The summed E-state index contributed by atoms with van der Waals surface area (Å²) in [6, 6.07) is 50.2. The molecular formula is C107H131Cl4FN2O16S3. The summed E-state index contributed by atoms with van der Waals surface area (Å²) in [4.78, 5) is 72.0. The third-order valence-corrected chi connectivity index (χ3v) is 31.5. The van der Waals surface area contributed by atoms with Gasteiger partial charge >= 0.3 is 17.9 Å². The SMILES string of the molecule is COC1C(C)C(=O)[C@H](CN(c2ccc(C)c(C)c2)C(C)C)[C@H]1C/C=C\OCCCOCCO.Cc1ccc(CCC[C@H]2CCC(=O)[C@@H]2CSc2cccc3ccccc23)cc1C(=O)OCCO.Cc1cncc(SC[C@H]2C(Cl)CC(O)[C@@H]2CCc2ccc(C(=O)OCCO)c(Cl)c2)c1C.O=C(CCc1ccc([C@H]2CCC(Cl)[C@@H]2CSc2ccc(Cl)c3ccccc23)cc1F)OCCO. The highest BCUT2D eigenvalue weighted by molar-refractivity contribution is 8.00. The number of aromatic nitrogens is 1. The maximum Gasteiger partial charge on any atom is 0.339 e. The van der Waals surface area contributed by atoms with Gasteiger partial charge in [0.1, 0.15) is 37.2 Å². The molecule has 0 bridgehead atoms. The topological polar surface area (TPSA) is 258 Å². The number of esters is 3. The number of pyridine rings is 1. The Bertz CT molecular complexity index is 5300. The number of aliphatic hydroxyl groups excluding tert-OH is 5. The van der Waals surface area contributed by atoms with Gasteiger partial charge in [0.25, 0.3) is 0 Å². The van der Waals surface area contributed by atoms with Crippen molar-refractivity contribution >= 4 is 138 Å². The maximum atomic E-state index is 14.9. The summed E-state index contributed by atoms with van der Waals surface area (Å²) in [5.41, 5.74) is 11.4. The van der Waals surface area contributed by atoms with Gasteiger partial charge in [0.15, 0.2) is 0 Å². The minimum atomic E-state index is -0.551. The van der Waals surface area contributed by atoms with Crippen molar-refractivity contribution in [1.82, 2.24) is 4.98 Å². The number of aryl methyl sites for hydroxylation is 7. The molecule has 5 N–H and O–H groups in total. The van der Waals surface area contributed by atoms with Crippen LogP contribution >= 0.6 is 81.7 Å². The molecule has 1 aromatic heterocycles.